The molecule has 0 fully saturated rings. The maximum atomic E-state index is 13.0. The summed E-state index contributed by atoms with van der Waals surface area (Å²) in [5, 5.41) is 0. The smallest absolute Gasteiger partial charge is 0.368 e. The largest absolute Gasteiger partial charge is 0.417 e. The summed E-state index contributed by atoms with van der Waals surface area (Å²) in [6, 6.07) is 3.79. The van der Waals surface area contributed by atoms with Gasteiger partial charge in [-0.2, -0.15) is 28.1 Å². The number of aromatic nitrogens is 3. The van der Waals surface area contributed by atoms with Crippen molar-refractivity contribution >= 4 is 21.9 Å². The van der Waals surface area contributed by atoms with E-state index in [0.29, 0.717) is 6.07 Å². The number of anilines is 2. The Kier molecular flexibility index (Phi) is 5.10. The van der Waals surface area contributed by atoms with Gasteiger partial charge >= 0.3 is 6.18 Å². The fourth-order valence-corrected chi connectivity index (χ4v) is 2.95. The third-order valence-electron chi connectivity index (χ3n) is 3.10. The predicted octanol–water partition coefficient (Wildman–Crippen LogP) is 2.08. The van der Waals surface area contributed by atoms with E-state index in [-0.39, 0.29) is 17.7 Å². The molecule has 0 radical (unpaired) electrons. The molecule has 12 heteroatoms. The number of nitrogens with zero attached hydrogens (tertiary/aromatic N) is 3. The van der Waals surface area contributed by atoms with E-state index in [1.54, 1.807) is 20.8 Å². The molecule has 0 saturated heterocycles. The molecule has 0 aliphatic carbocycles. The van der Waals surface area contributed by atoms with Crippen LogP contribution in [0.5, 0.6) is 0 Å². The van der Waals surface area contributed by atoms with E-state index in [2.05, 4.69) is 20.4 Å². The minimum atomic E-state index is -4.83. The van der Waals surface area contributed by atoms with Gasteiger partial charge in [0.25, 0.3) is 10.0 Å². The second-order valence-electron chi connectivity index (χ2n) is 6.32. The zero-order chi connectivity index (χ0) is 19.8. The van der Waals surface area contributed by atoms with E-state index in [0.717, 1.165) is 12.1 Å². The average Bonchev–Trinajstić information content (AvgIpc) is 2.51. The number of hydrogen-bond donors (Lipinski definition) is 3. The first kappa shape index (κ1) is 19.8. The highest BCUT2D eigenvalue weighted by molar-refractivity contribution is 7.89. The molecule has 142 valence electrons. The molecule has 26 heavy (non-hydrogen) atoms. The standard InChI is InChI=1S/C14H17F3N6O2S/c1-13(2,3)10-19-11(18)21-12(20-10)22-23-26(24,25)9-7-5-4-6-8(9)14(15,16)17/h4-7,23H,1-3H3,(H3,18,19,20,21,22). The number of sulfonamides is 1. The number of benzene rings is 1. The van der Waals surface area contributed by atoms with Crippen LogP contribution in [0.4, 0.5) is 25.1 Å². The zero-order valence-electron chi connectivity index (χ0n) is 14.1. The van der Waals surface area contributed by atoms with Gasteiger partial charge in [0.15, 0.2) is 0 Å². The summed E-state index contributed by atoms with van der Waals surface area (Å²) in [5.74, 6) is -0.125. The maximum Gasteiger partial charge on any atom is 0.417 e. The molecule has 1 heterocycles. The lowest BCUT2D eigenvalue weighted by molar-refractivity contribution is -0.139. The minimum Gasteiger partial charge on any atom is -0.368 e. The SMILES string of the molecule is CC(C)(C)c1nc(N)nc(NNS(=O)(=O)c2ccccc2C(F)(F)F)n1. The van der Waals surface area contributed by atoms with Crippen molar-refractivity contribution in [3.05, 3.63) is 35.7 Å². The van der Waals surface area contributed by atoms with Crippen molar-refractivity contribution in [1.82, 2.24) is 19.8 Å². The van der Waals surface area contributed by atoms with Gasteiger partial charge in [0.2, 0.25) is 11.9 Å². The Labute approximate surface area is 148 Å². The van der Waals surface area contributed by atoms with E-state index in [9.17, 15) is 21.6 Å². The molecule has 8 nitrogen and oxygen atoms in total. The molecule has 1 aromatic heterocycles. The van der Waals surface area contributed by atoms with Crippen LogP contribution in [0.1, 0.15) is 32.2 Å². The van der Waals surface area contributed by atoms with Gasteiger partial charge in [-0.25, -0.2) is 8.42 Å². The Morgan fingerprint density at radius 2 is 1.65 bits per heavy atom. The van der Waals surface area contributed by atoms with Crippen molar-refractivity contribution in [3.8, 4) is 0 Å². The van der Waals surface area contributed by atoms with Crippen molar-refractivity contribution in [2.45, 2.75) is 37.3 Å². The molecule has 0 saturated carbocycles. The van der Waals surface area contributed by atoms with Gasteiger partial charge in [-0.15, -0.1) is 4.83 Å². The Hall–Kier alpha value is -2.47. The van der Waals surface area contributed by atoms with Gasteiger partial charge in [-0.1, -0.05) is 32.9 Å². The summed E-state index contributed by atoms with van der Waals surface area (Å²) >= 11 is 0. The van der Waals surface area contributed by atoms with Gasteiger partial charge in [-0.3, -0.25) is 5.43 Å². The Morgan fingerprint density at radius 3 is 2.23 bits per heavy atom. The molecular formula is C14H17F3N6O2S. The number of halogens is 3. The highest BCUT2D eigenvalue weighted by atomic mass is 32.2. The van der Waals surface area contributed by atoms with E-state index < -0.39 is 32.1 Å². The maximum absolute atomic E-state index is 13.0. The number of rotatable bonds is 4. The normalized spacial score (nSPS) is 12.8. The van der Waals surface area contributed by atoms with Crippen LogP contribution in [0.2, 0.25) is 0 Å². The number of hydrazine groups is 1. The Balaban J connectivity index is 2.32. The number of nitrogens with one attached hydrogen (secondary N) is 2. The van der Waals surface area contributed by atoms with Gasteiger partial charge in [0.05, 0.1) is 10.5 Å². The first-order valence-electron chi connectivity index (χ1n) is 7.27. The molecule has 0 aliphatic rings. The van der Waals surface area contributed by atoms with Crippen molar-refractivity contribution in [3.63, 3.8) is 0 Å². The Morgan fingerprint density at radius 1 is 1.04 bits per heavy atom. The molecule has 0 spiro atoms. The van der Waals surface area contributed by atoms with Crippen LogP contribution in [0, 0.1) is 0 Å². The van der Waals surface area contributed by atoms with Gasteiger partial charge in [0, 0.05) is 5.41 Å². The van der Waals surface area contributed by atoms with Crippen molar-refractivity contribution < 1.29 is 21.6 Å². The van der Waals surface area contributed by atoms with Gasteiger partial charge < -0.3 is 5.73 Å². The summed E-state index contributed by atoms with van der Waals surface area (Å²) in [6.07, 6.45) is -4.83. The topological polar surface area (TPSA) is 123 Å². The second kappa shape index (κ2) is 6.68. The van der Waals surface area contributed by atoms with Crippen LogP contribution in [-0.2, 0) is 21.6 Å². The monoisotopic (exact) mass is 390 g/mol. The zero-order valence-corrected chi connectivity index (χ0v) is 14.9. The number of alkyl halides is 3. The number of nitrogen functional groups attached to an aromatic ring is 1. The number of nitrogens with two attached hydrogens (primary N) is 1. The molecule has 0 amide bonds. The van der Waals surface area contributed by atoms with E-state index >= 15 is 0 Å². The van der Waals surface area contributed by atoms with Crippen LogP contribution in [0.15, 0.2) is 29.2 Å². The lowest BCUT2D eigenvalue weighted by atomic mass is 9.96. The number of hydrogen-bond acceptors (Lipinski definition) is 7. The Bertz CT molecular complexity index is 910. The summed E-state index contributed by atoms with van der Waals surface area (Å²) in [4.78, 5) is 12.6. The van der Waals surface area contributed by atoms with Crippen LogP contribution >= 0.6 is 0 Å². The molecule has 0 unspecified atom stereocenters. The second-order valence-corrected chi connectivity index (χ2v) is 7.97. The van der Waals surface area contributed by atoms with E-state index in [1.165, 1.54) is 6.07 Å². The lowest BCUT2D eigenvalue weighted by Crippen LogP contribution is -2.32. The third-order valence-corrected chi connectivity index (χ3v) is 4.41. The van der Waals surface area contributed by atoms with Crippen molar-refractivity contribution in [2.75, 3.05) is 11.2 Å². The molecule has 0 aliphatic heterocycles. The summed E-state index contributed by atoms with van der Waals surface area (Å²) in [6.45, 7) is 5.40. The van der Waals surface area contributed by atoms with Gasteiger partial charge in [0.1, 0.15) is 5.82 Å². The van der Waals surface area contributed by atoms with Crippen molar-refractivity contribution in [2.24, 2.45) is 0 Å². The summed E-state index contributed by atoms with van der Waals surface area (Å²) in [7, 11) is -4.56. The quantitative estimate of drug-likeness (QED) is 0.683. The average molecular weight is 390 g/mol. The van der Waals surface area contributed by atoms with Crippen LogP contribution in [-0.4, -0.2) is 23.4 Å². The molecule has 2 aromatic rings. The fraction of sp³-hybridized carbons (Fsp3) is 0.357. The fourth-order valence-electron chi connectivity index (χ4n) is 1.89. The highest BCUT2D eigenvalue weighted by Crippen LogP contribution is 2.33. The summed E-state index contributed by atoms with van der Waals surface area (Å²) in [5.41, 5.74) is 5.93. The predicted molar refractivity (Wildman–Crippen MR) is 88.3 cm³/mol. The van der Waals surface area contributed by atoms with Crippen LogP contribution < -0.4 is 16.0 Å². The highest BCUT2D eigenvalue weighted by Gasteiger charge is 2.37. The first-order valence-corrected chi connectivity index (χ1v) is 8.75. The first-order chi connectivity index (χ1) is 11.8. The molecular weight excluding hydrogens is 373 g/mol. The lowest BCUT2D eigenvalue weighted by Gasteiger charge is -2.18. The molecule has 1 aromatic carbocycles. The molecule has 2 rings (SSSR count). The van der Waals surface area contributed by atoms with Gasteiger partial charge in [-0.05, 0) is 12.1 Å². The molecule has 0 atom stereocenters. The third kappa shape index (κ3) is 4.58. The van der Waals surface area contributed by atoms with Crippen LogP contribution in [0.3, 0.4) is 0 Å². The van der Waals surface area contributed by atoms with Crippen molar-refractivity contribution in [1.29, 1.82) is 0 Å². The minimum absolute atomic E-state index is 0.165. The van der Waals surface area contributed by atoms with Crippen LogP contribution in [0.25, 0.3) is 0 Å². The summed E-state index contributed by atoms with van der Waals surface area (Å²) < 4.78 is 63.6. The molecule has 0 bridgehead atoms. The van der Waals surface area contributed by atoms with E-state index in [1.807, 2.05) is 4.83 Å². The molecule has 4 N–H and O–H groups in total. The van der Waals surface area contributed by atoms with E-state index in [4.69, 9.17) is 5.73 Å².